The van der Waals surface area contributed by atoms with Gasteiger partial charge in [-0.05, 0) is 12.0 Å². The van der Waals surface area contributed by atoms with Gasteiger partial charge in [-0.25, -0.2) is 0 Å². The summed E-state index contributed by atoms with van der Waals surface area (Å²) in [5, 5.41) is 14.3. The number of nitrogens with zero attached hydrogens (tertiary/aromatic N) is 3. The molecule has 0 radical (unpaired) electrons. The molecule has 3 rings (SSSR count). The molecule has 0 aliphatic rings. The molecular weight excluding hydrogens is 264 g/mol. The van der Waals surface area contributed by atoms with E-state index in [1.54, 1.807) is 13.2 Å². The molecule has 3 aromatic rings. The second kappa shape index (κ2) is 5.78. The van der Waals surface area contributed by atoms with Crippen molar-refractivity contribution in [1.29, 1.82) is 0 Å². The Labute approximate surface area is 123 Å². The van der Waals surface area contributed by atoms with Crippen molar-refractivity contribution < 1.29 is 0 Å². The average molecular weight is 282 g/mol. The number of rotatable bonds is 5. The third-order valence-corrected chi connectivity index (χ3v) is 3.45. The maximum absolute atomic E-state index is 4.51. The van der Waals surface area contributed by atoms with E-state index in [0.717, 1.165) is 23.3 Å². The van der Waals surface area contributed by atoms with E-state index < -0.39 is 0 Å². The lowest BCUT2D eigenvalue weighted by molar-refractivity contribution is 0.746. The molecule has 1 atom stereocenters. The highest BCUT2D eigenvalue weighted by Crippen LogP contribution is 2.26. The van der Waals surface area contributed by atoms with Crippen molar-refractivity contribution in [2.45, 2.75) is 19.4 Å². The Hall–Kier alpha value is -2.63. The molecule has 0 fully saturated rings. The highest BCUT2D eigenvalue weighted by atomic mass is 15.2. The van der Waals surface area contributed by atoms with E-state index in [4.69, 9.17) is 0 Å². The fourth-order valence-corrected chi connectivity index (χ4v) is 2.33. The van der Waals surface area contributed by atoms with E-state index in [0.29, 0.717) is 5.95 Å². The minimum atomic E-state index is 0.198. The van der Waals surface area contributed by atoms with Gasteiger partial charge in [0.25, 0.3) is 0 Å². The molecule has 21 heavy (non-hydrogen) atoms. The fraction of sp³-hybridized carbons (Fsp3) is 0.267. The van der Waals surface area contributed by atoms with Gasteiger partial charge in [-0.1, -0.05) is 37.3 Å². The summed E-state index contributed by atoms with van der Waals surface area (Å²) in [6.45, 7) is 2.15. The molecule has 0 amide bonds. The molecule has 2 heterocycles. The Kier molecular flexibility index (Phi) is 3.68. The summed E-state index contributed by atoms with van der Waals surface area (Å²) >= 11 is 0. The van der Waals surface area contributed by atoms with E-state index in [-0.39, 0.29) is 6.04 Å². The van der Waals surface area contributed by atoms with Gasteiger partial charge in [0, 0.05) is 7.05 Å². The van der Waals surface area contributed by atoms with Crippen LogP contribution < -0.4 is 10.6 Å². The van der Waals surface area contributed by atoms with Gasteiger partial charge in [0.15, 0.2) is 5.65 Å². The summed E-state index contributed by atoms with van der Waals surface area (Å²) in [5.74, 6) is 1.35. The molecule has 6 heteroatoms. The van der Waals surface area contributed by atoms with Crippen molar-refractivity contribution in [3.05, 3.63) is 42.1 Å². The van der Waals surface area contributed by atoms with Crippen molar-refractivity contribution in [1.82, 2.24) is 20.2 Å². The van der Waals surface area contributed by atoms with Gasteiger partial charge in [-0.2, -0.15) is 15.1 Å². The van der Waals surface area contributed by atoms with E-state index in [1.165, 1.54) is 5.56 Å². The van der Waals surface area contributed by atoms with Crippen LogP contribution in [0.3, 0.4) is 0 Å². The molecular formula is C15H18N6. The maximum Gasteiger partial charge on any atom is 0.226 e. The fourth-order valence-electron chi connectivity index (χ4n) is 2.33. The first-order valence-electron chi connectivity index (χ1n) is 7.02. The van der Waals surface area contributed by atoms with E-state index in [2.05, 4.69) is 49.9 Å². The Bertz CT molecular complexity index is 721. The van der Waals surface area contributed by atoms with Crippen molar-refractivity contribution in [3.8, 4) is 0 Å². The van der Waals surface area contributed by atoms with Crippen LogP contribution in [0, 0.1) is 0 Å². The molecule has 0 saturated heterocycles. The van der Waals surface area contributed by atoms with Crippen LogP contribution in [0.2, 0.25) is 0 Å². The van der Waals surface area contributed by atoms with Crippen LogP contribution >= 0.6 is 0 Å². The van der Waals surface area contributed by atoms with Crippen molar-refractivity contribution in [2.75, 3.05) is 17.7 Å². The number of H-pyrrole nitrogens is 1. The Morgan fingerprint density at radius 2 is 2.00 bits per heavy atom. The van der Waals surface area contributed by atoms with Crippen LogP contribution in [0.5, 0.6) is 0 Å². The standard InChI is InChI=1S/C15H18N6/c1-3-12(10-7-5-4-6-8-10)18-13-11-9-17-21-14(11)20-15(16-2)19-13/h4-9,12H,3H2,1-2H3,(H3,16,17,18,19,20,21). The van der Waals surface area contributed by atoms with E-state index in [1.807, 2.05) is 18.2 Å². The third kappa shape index (κ3) is 2.65. The molecule has 6 nitrogen and oxygen atoms in total. The van der Waals surface area contributed by atoms with Crippen LogP contribution in [0.25, 0.3) is 11.0 Å². The first-order valence-corrected chi connectivity index (χ1v) is 7.02. The number of aromatic amines is 1. The third-order valence-electron chi connectivity index (χ3n) is 3.45. The van der Waals surface area contributed by atoms with Crippen LogP contribution in [0.1, 0.15) is 24.9 Å². The molecule has 1 aromatic carbocycles. The molecule has 0 aliphatic carbocycles. The first kappa shape index (κ1) is 13.4. The predicted octanol–water partition coefficient (Wildman–Crippen LogP) is 2.96. The van der Waals surface area contributed by atoms with Gasteiger partial charge in [0.1, 0.15) is 5.82 Å². The molecule has 0 bridgehead atoms. The smallest absolute Gasteiger partial charge is 0.226 e. The highest BCUT2D eigenvalue weighted by Gasteiger charge is 2.14. The Balaban J connectivity index is 1.98. The average Bonchev–Trinajstić information content (AvgIpc) is 3.01. The van der Waals surface area contributed by atoms with Crippen LogP contribution in [0.4, 0.5) is 11.8 Å². The second-order valence-electron chi connectivity index (χ2n) is 4.79. The highest BCUT2D eigenvalue weighted by molar-refractivity contribution is 5.87. The largest absolute Gasteiger partial charge is 0.363 e. The lowest BCUT2D eigenvalue weighted by Gasteiger charge is -2.18. The summed E-state index contributed by atoms with van der Waals surface area (Å²) in [7, 11) is 1.80. The molecule has 108 valence electrons. The zero-order valence-electron chi connectivity index (χ0n) is 12.1. The summed E-state index contributed by atoms with van der Waals surface area (Å²) in [5.41, 5.74) is 1.96. The number of anilines is 2. The summed E-state index contributed by atoms with van der Waals surface area (Å²) in [6, 6.07) is 10.6. The van der Waals surface area contributed by atoms with Gasteiger partial charge >= 0.3 is 0 Å². The van der Waals surface area contributed by atoms with Crippen LogP contribution in [-0.2, 0) is 0 Å². The van der Waals surface area contributed by atoms with E-state index >= 15 is 0 Å². The van der Waals surface area contributed by atoms with Gasteiger partial charge in [0.2, 0.25) is 5.95 Å². The van der Waals surface area contributed by atoms with Crippen molar-refractivity contribution >= 4 is 22.8 Å². The van der Waals surface area contributed by atoms with Crippen LogP contribution in [0.15, 0.2) is 36.5 Å². The molecule has 2 aromatic heterocycles. The number of benzene rings is 1. The van der Waals surface area contributed by atoms with Gasteiger partial charge in [-0.3, -0.25) is 5.10 Å². The summed E-state index contributed by atoms with van der Waals surface area (Å²) in [6.07, 6.45) is 2.71. The molecule has 0 aliphatic heterocycles. The normalized spacial score (nSPS) is 12.3. The summed E-state index contributed by atoms with van der Waals surface area (Å²) in [4.78, 5) is 8.85. The molecule has 0 spiro atoms. The lowest BCUT2D eigenvalue weighted by Crippen LogP contribution is -2.12. The van der Waals surface area contributed by atoms with E-state index in [9.17, 15) is 0 Å². The first-order chi connectivity index (χ1) is 10.3. The van der Waals surface area contributed by atoms with Gasteiger partial charge in [0.05, 0.1) is 17.6 Å². The number of hydrogen-bond donors (Lipinski definition) is 3. The Morgan fingerprint density at radius 3 is 2.71 bits per heavy atom. The minimum Gasteiger partial charge on any atom is -0.363 e. The van der Waals surface area contributed by atoms with Crippen molar-refractivity contribution in [2.24, 2.45) is 0 Å². The van der Waals surface area contributed by atoms with Crippen LogP contribution in [-0.4, -0.2) is 27.2 Å². The molecule has 3 N–H and O–H groups in total. The number of aromatic nitrogens is 4. The quantitative estimate of drug-likeness (QED) is 0.670. The minimum absolute atomic E-state index is 0.198. The lowest BCUT2D eigenvalue weighted by atomic mass is 10.0. The van der Waals surface area contributed by atoms with Crippen molar-refractivity contribution in [3.63, 3.8) is 0 Å². The Morgan fingerprint density at radius 1 is 1.19 bits per heavy atom. The maximum atomic E-state index is 4.51. The summed E-state index contributed by atoms with van der Waals surface area (Å²) < 4.78 is 0. The zero-order valence-corrected chi connectivity index (χ0v) is 12.1. The second-order valence-corrected chi connectivity index (χ2v) is 4.79. The monoisotopic (exact) mass is 282 g/mol. The van der Waals surface area contributed by atoms with Gasteiger partial charge in [-0.15, -0.1) is 0 Å². The predicted molar refractivity (Wildman–Crippen MR) is 84.3 cm³/mol. The zero-order chi connectivity index (χ0) is 14.7. The number of hydrogen-bond acceptors (Lipinski definition) is 5. The SMILES string of the molecule is CCC(Nc1nc(NC)nc2[nH]ncc12)c1ccccc1. The molecule has 0 saturated carbocycles. The van der Waals surface area contributed by atoms with Gasteiger partial charge < -0.3 is 10.6 Å². The number of nitrogens with one attached hydrogen (secondary N) is 3. The topological polar surface area (TPSA) is 78.5 Å². The molecule has 1 unspecified atom stereocenters. The number of fused-ring (bicyclic) bond motifs is 1.